The maximum atomic E-state index is 13.1. The molecule has 1 aliphatic rings. The molecule has 2 N–H and O–H groups in total. The summed E-state index contributed by atoms with van der Waals surface area (Å²) >= 11 is 1.47. The van der Waals surface area contributed by atoms with Crippen molar-refractivity contribution in [2.24, 2.45) is 5.92 Å². The number of nitrogens with one attached hydrogen (secondary N) is 2. The zero-order chi connectivity index (χ0) is 16.9. The summed E-state index contributed by atoms with van der Waals surface area (Å²) in [4.78, 5) is 14.1. The third-order valence-corrected chi connectivity index (χ3v) is 5.77. The predicted octanol–water partition coefficient (Wildman–Crippen LogP) is 3.98. The molecule has 3 nitrogen and oxygen atoms in total. The molecule has 0 saturated carbocycles. The molecule has 128 valence electrons. The van der Waals surface area contributed by atoms with E-state index in [-0.39, 0.29) is 11.7 Å². The van der Waals surface area contributed by atoms with E-state index in [1.165, 1.54) is 36.3 Å². The van der Waals surface area contributed by atoms with E-state index >= 15 is 0 Å². The second kappa shape index (κ2) is 7.90. The third-order valence-electron chi connectivity index (χ3n) is 4.49. The summed E-state index contributed by atoms with van der Waals surface area (Å²) in [5.41, 5.74) is 2.00. The molecule has 0 bridgehead atoms. The molecule has 5 heteroatoms. The van der Waals surface area contributed by atoms with Gasteiger partial charge in [-0.1, -0.05) is 12.1 Å². The van der Waals surface area contributed by atoms with E-state index in [1.807, 2.05) is 13.0 Å². The number of amides is 1. The van der Waals surface area contributed by atoms with Gasteiger partial charge < -0.3 is 10.6 Å². The van der Waals surface area contributed by atoms with Crippen LogP contribution in [0.5, 0.6) is 0 Å². The van der Waals surface area contributed by atoms with Crippen LogP contribution in [0.15, 0.2) is 30.3 Å². The number of piperidine rings is 1. The highest BCUT2D eigenvalue weighted by Crippen LogP contribution is 2.32. The van der Waals surface area contributed by atoms with E-state index in [9.17, 15) is 9.18 Å². The Morgan fingerprint density at radius 3 is 2.88 bits per heavy atom. The normalized spacial score (nSPS) is 17.7. The first kappa shape index (κ1) is 17.1. The van der Waals surface area contributed by atoms with E-state index < -0.39 is 0 Å². The van der Waals surface area contributed by atoms with Crippen molar-refractivity contribution in [2.75, 3.05) is 19.6 Å². The number of aryl methyl sites for hydroxylation is 1. The van der Waals surface area contributed by atoms with Crippen LogP contribution in [0.1, 0.15) is 34.5 Å². The summed E-state index contributed by atoms with van der Waals surface area (Å²) in [5.74, 6) is 0.405. The fourth-order valence-corrected chi connectivity index (χ4v) is 4.22. The highest BCUT2D eigenvalue weighted by molar-refractivity contribution is 7.17. The van der Waals surface area contributed by atoms with E-state index in [4.69, 9.17) is 0 Å². The first-order valence-corrected chi connectivity index (χ1v) is 9.30. The number of carbonyl (C=O) groups excluding carboxylic acids is 1. The van der Waals surface area contributed by atoms with Gasteiger partial charge in [0.15, 0.2) is 0 Å². The summed E-state index contributed by atoms with van der Waals surface area (Å²) in [6.45, 7) is 4.87. The minimum Gasteiger partial charge on any atom is -0.351 e. The van der Waals surface area contributed by atoms with Gasteiger partial charge in [-0.3, -0.25) is 4.79 Å². The minimum atomic E-state index is -0.247. The van der Waals surface area contributed by atoms with Crippen LogP contribution in [0.3, 0.4) is 0 Å². The van der Waals surface area contributed by atoms with Crippen LogP contribution in [0.2, 0.25) is 0 Å². The Morgan fingerprint density at radius 2 is 2.17 bits per heavy atom. The van der Waals surface area contributed by atoms with Gasteiger partial charge in [0.25, 0.3) is 5.91 Å². The van der Waals surface area contributed by atoms with Gasteiger partial charge >= 0.3 is 0 Å². The lowest BCUT2D eigenvalue weighted by molar-refractivity contribution is 0.0954. The number of hydrogen-bond donors (Lipinski definition) is 2. The van der Waals surface area contributed by atoms with Gasteiger partial charge in [0, 0.05) is 11.4 Å². The molecule has 0 aliphatic carbocycles. The first-order valence-electron chi connectivity index (χ1n) is 8.49. The van der Waals surface area contributed by atoms with Crippen LogP contribution in [0.4, 0.5) is 4.39 Å². The second-order valence-electron chi connectivity index (χ2n) is 6.39. The largest absolute Gasteiger partial charge is 0.351 e. The quantitative estimate of drug-likeness (QED) is 0.860. The maximum absolute atomic E-state index is 13.1. The van der Waals surface area contributed by atoms with Gasteiger partial charge in [0.2, 0.25) is 0 Å². The minimum absolute atomic E-state index is 0.0137. The van der Waals surface area contributed by atoms with Gasteiger partial charge in [0.05, 0.1) is 4.88 Å². The van der Waals surface area contributed by atoms with Crippen LogP contribution < -0.4 is 10.6 Å². The van der Waals surface area contributed by atoms with Crippen LogP contribution >= 0.6 is 11.3 Å². The van der Waals surface area contributed by atoms with Gasteiger partial charge in [-0.05, 0) is 74.5 Å². The maximum Gasteiger partial charge on any atom is 0.261 e. The first-order chi connectivity index (χ1) is 11.6. The molecule has 1 aromatic carbocycles. The smallest absolute Gasteiger partial charge is 0.261 e. The Labute approximate surface area is 146 Å². The Morgan fingerprint density at radius 1 is 1.38 bits per heavy atom. The molecular weight excluding hydrogens is 323 g/mol. The molecule has 1 atom stereocenters. The summed E-state index contributed by atoms with van der Waals surface area (Å²) in [6, 6.07) is 8.33. The van der Waals surface area contributed by atoms with Crippen LogP contribution in [0.25, 0.3) is 10.4 Å². The standard InChI is InChI=1S/C19H23FN2OS/c1-13-11-17(24-18(13)15-4-6-16(20)7-5-15)19(23)22-10-8-14-3-2-9-21-12-14/h4-7,11,14,21H,2-3,8-10,12H2,1H3,(H,22,23). The van der Waals surface area contributed by atoms with Crippen molar-refractivity contribution in [3.8, 4) is 10.4 Å². The average Bonchev–Trinajstić information content (AvgIpc) is 2.98. The molecule has 3 rings (SSSR count). The molecule has 24 heavy (non-hydrogen) atoms. The van der Waals surface area contributed by atoms with Crippen LogP contribution in [-0.2, 0) is 0 Å². The van der Waals surface area contributed by atoms with Crippen molar-refractivity contribution in [1.82, 2.24) is 10.6 Å². The van der Waals surface area contributed by atoms with Crippen LogP contribution in [-0.4, -0.2) is 25.5 Å². The fourth-order valence-electron chi connectivity index (χ4n) is 3.13. The molecule has 1 amide bonds. The third kappa shape index (κ3) is 4.22. The van der Waals surface area contributed by atoms with Crippen molar-refractivity contribution >= 4 is 17.2 Å². The van der Waals surface area contributed by atoms with Crippen molar-refractivity contribution in [1.29, 1.82) is 0 Å². The lowest BCUT2D eigenvalue weighted by Crippen LogP contribution is -2.33. The fraction of sp³-hybridized carbons (Fsp3) is 0.421. The lowest BCUT2D eigenvalue weighted by atomic mass is 9.96. The van der Waals surface area contributed by atoms with Gasteiger partial charge in [0.1, 0.15) is 5.82 Å². The molecule has 2 heterocycles. The van der Waals surface area contributed by atoms with Crippen molar-refractivity contribution in [3.05, 3.63) is 46.6 Å². The van der Waals surface area contributed by atoms with Gasteiger partial charge in [-0.15, -0.1) is 11.3 Å². The Hall–Kier alpha value is -1.72. The second-order valence-corrected chi connectivity index (χ2v) is 7.44. The molecule has 0 radical (unpaired) electrons. The zero-order valence-corrected chi connectivity index (χ0v) is 14.7. The van der Waals surface area contributed by atoms with Crippen LogP contribution in [0, 0.1) is 18.7 Å². The molecule has 1 saturated heterocycles. The number of rotatable bonds is 5. The number of halogens is 1. The van der Waals surface area contributed by atoms with E-state index in [0.29, 0.717) is 17.3 Å². The van der Waals surface area contributed by atoms with Crippen molar-refractivity contribution < 1.29 is 9.18 Å². The van der Waals surface area contributed by atoms with E-state index in [1.54, 1.807) is 12.1 Å². The Kier molecular flexibility index (Phi) is 5.63. The predicted molar refractivity (Wildman–Crippen MR) is 97.0 cm³/mol. The molecular formula is C19H23FN2OS. The van der Waals surface area contributed by atoms with Gasteiger partial charge in [-0.25, -0.2) is 4.39 Å². The monoisotopic (exact) mass is 346 g/mol. The molecule has 2 aromatic rings. The summed E-state index contributed by atoms with van der Waals surface area (Å²) in [7, 11) is 0. The van der Waals surface area contributed by atoms with Crippen molar-refractivity contribution in [3.63, 3.8) is 0 Å². The van der Waals surface area contributed by atoms with Gasteiger partial charge in [-0.2, -0.15) is 0 Å². The summed E-state index contributed by atoms with van der Waals surface area (Å²) < 4.78 is 13.1. The Balaban J connectivity index is 1.59. The molecule has 1 aliphatic heterocycles. The number of thiophene rings is 1. The Bertz CT molecular complexity index is 690. The molecule has 1 aromatic heterocycles. The summed E-state index contributed by atoms with van der Waals surface area (Å²) in [5, 5.41) is 6.43. The number of carbonyl (C=O) groups is 1. The summed E-state index contributed by atoms with van der Waals surface area (Å²) in [6.07, 6.45) is 3.49. The highest BCUT2D eigenvalue weighted by Gasteiger charge is 2.16. The van der Waals surface area contributed by atoms with E-state index in [0.717, 1.165) is 35.5 Å². The zero-order valence-electron chi connectivity index (χ0n) is 13.9. The van der Waals surface area contributed by atoms with Crippen molar-refractivity contribution in [2.45, 2.75) is 26.2 Å². The number of hydrogen-bond acceptors (Lipinski definition) is 3. The molecule has 1 unspecified atom stereocenters. The number of benzene rings is 1. The molecule has 1 fully saturated rings. The highest BCUT2D eigenvalue weighted by atomic mass is 32.1. The topological polar surface area (TPSA) is 41.1 Å². The van der Waals surface area contributed by atoms with E-state index in [2.05, 4.69) is 10.6 Å². The SMILES string of the molecule is Cc1cc(C(=O)NCCC2CCCNC2)sc1-c1ccc(F)cc1. The average molecular weight is 346 g/mol. The lowest BCUT2D eigenvalue weighted by Gasteiger charge is -2.22. The molecule has 0 spiro atoms.